The molecule has 0 fully saturated rings. The van der Waals surface area contributed by atoms with Gasteiger partial charge >= 0.3 is 0 Å². The zero-order valence-corrected chi connectivity index (χ0v) is 14.9. The van der Waals surface area contributed by atoms with Crippen LogP contribution in [0, 0.1) is 13.8 Å². The molecule has 2 aromatic rings. The van der Waals surface area contributed by atoms with E-state index in [0.717, 1.165) is 11.1 Å². The molecule has 4 heteroatoms. The van der Waals surface area contributed by atoms with Crippen molar-refractivity contribution in [1.29, 1.82) is 0 Å². The average Bonchev–Trinajstić information content (AvgIpc) is 2.45. The van der Waals surface area contributed by atoms with Gasteiger partial charge < -0.3 is 10.6 Å². The Bertz CT molecular complexity index is 736. The predicted octanol–water partition coefficient (Wildman–Crippen LogP) is 4.08. The summed E-state index contributed by atoms with van der Waals surface area (Å²) in [5.74, 6) is -0.289. The molecule has 2 aromatic carbocycles. The minimum Gasteiger partial charge on any atom is -0.347 e. The molecule has 2 amide bonds. The quantitative estimate of drug-likeness (QED) is 0.893. The highest BCUT2D eigenvalue weighted by Gasteiger charge is 2.15. The van der Waals surface area contributed by atoms with Crippen molar-refractivity contribution >= 4 is 17.5 Å². The zero-order valence-electron chi connectivity index (χ0n) is 14.9. The normalized spacial score (nSPS) is 11.0. The van der Waals surface area contributed by atoms with Crippen molar-refractivity contribution in [3.8, 4) is 0 Å². The summed E-state index contributed by atoms with van der Waals surface area (Å²) in [6, 6.07) is 12.6. The number of hydrogen-bond donors (Lipinski definition) is 2. The molecule has 126 valence electrons. The monoisotopic (exact) mass is 324 g/mol. The molecule has 0 heterocycles. The van der Waals surface area contributed by atoms with Gasteiger partial charge in [0, 0.05) is 22.4 Å². The molecule has 2 rings (SSSR count). The van der Waals surface area contributed by atoms with E-state index in [1.807, 2.05) is 52.8 Å². The predicted molar refractivity (Wildman–Crippen MR) is 97.5 cm³/mol. The summed E-state index contributed by atoms with van der Waals surface area (Å²) in [5, 5.41) is 5.76. The lowest BCUT2D eigenvalue weighted by Gasteiger charge is -2.20. The maximum absolute atomic E-state index is 12.3. The fourth-order valence-corrected chi connectivity index (χ4v) is 2.43. The van der Waals surface area contributed by atoms with Crippen molar-refractivity contribution in [2.45, 2.75) is 40.2 Å². The molecule has 0 atom stereocenters. The van der Waals surface area contributed by atoms with Crippen LogP contribution in [0.3, 0.4) is 0 Å². The summed E-state index contributed by atoms with van der Waals surface area (Å²) < 4.78 is 0. The van der Waals surface area contributed by atoms with Gasteiger partial charge in [0.1, 0.15) is 0 Å². The number of hydrogen-bond acceptors (Lipinski definition) is 2. The fourth-order valence-electron chi connectivity index (χ4n) is 2.43. The fraction of sp³-hybridized carbons (Fsp3) is 0.300. The van der Waals surface area contributed by atoms with Gasteiger partial charge in [-0.05, 0) is 71.0 Å². The minimum absolute atomic E-state index is 0.130. The van der Waals surface area contributed by atoms with Gasteiger partial charge in [-0.2, -0.15) is 0 Å². The van der Waals surface area contributed by atoms with E-state index in [-0.39, 0.29) is 17.4 Å². The van der Waals surface area contributed by atoms with E-state index >= 15 is 0 Å². The first-order valence-electron chi connectivity index (χ1n) is 7.96. The molecule has 0 aliphatic heterocycles. The van der Waals surface area contributed by atoms with Crippen LogP contribution in [0.1, 0.15) is 52.6 Å². The Balaban J connectivity index is 2.08. The lowest BCUT2D eigenvalue weighted by atomic mass is 10.1. The smallest absolute Gasteiger partial charge is 0.255 e. The zero-order chi connectivity index (χ0) is 17.9. The van der Waals surface area contributed by atoms with E-state index in [1.54, 1.807) is 24.3 Å². The molecule has 0 saturated heterocycles. The highest BCUT2D eigenvalue weighted by molar-refractivity contribution is 6.04. The summed E-state index contributed by atoms with van der Waals surface area (Å²) >= 11 is 0. The number of carbonyl (C=O) groups excluding carboxylic acids is 2. The number of benzene rings is 2. The number of rotatable bonds is 3. The van der Waals surface area contributed by atoms with E-state index in [0.29, 0.717) is 16.8 Å². The van der Waals surface area contributed by atoms with Crippen LogP contribution >= 0.6 is 0 Å². The second-order valence-electron chi connectivity index (χ2n) is 7.11. The van der Waals surface area contributed by atoms with Crippen LogP contribution in [0.15, 0.2) is 42.5 Å². The molecule has 0 spiro atoms. The summed E-state index contributed by atoms with van der Waals surface area (Å²) in [7, 11) is 0. The second kappa shape index (κ2) is 6.87. The molecule has 0 bridgehead atoms. The molecule has 0 aromatic heterocycles. The van der Waals surface area contributed by atoms with Gasteiger partial charge in [-0.1, -0.05) is 17.2 Å². The molecule has 0 aliphatic carbocycles. The van der Waals surface area contributed by atoms with Gasteiger partial charge in [0.15, 0.2) is 0 Å². The van der Waals surface area contributed by atoms with Crippen LogP contribution in [-0.4, -0.2) is 17.4 Å². The van der Waals surface area contributed by atoms with Gasteiger partial charge in [0.2, 0.25) is 0 Å². The molecule has 0 radical (unpaired) electrons. The highest BCUT2D eigenvalue weighted by Crippen LogP contribution is 2.14. The Labute approximate surface area is 143 Å². The molecular weight excluding hydrogens is 300 g/mol. The van der Waals surface area contributed by atoms with Gasteiger partial charge in [-0.15, -0.1) is 0 Å². The second-order valence-corrected chi connectivity index (χ2v) is 7.11. The van der Waals surface area contributed by atoms with Crippen molar-refractivity contribution in [3.05, 3.63) is 64.7 Å². The lowest BCUT2D eigenvalue weighted by Crippen LogP contribution is -2.40. The first-order chi connectivity index (χ1) is 11.1. The summed E-state index contributed by atoms with van der Waals surface area (Å²) in [4.78, 5) is 24.4. The number of carbonyl (C=O) groups is 2. The number of amides is 2. The summed E-state index contributed by atoms with van der Waals surface area (Å²) in [6.45, 7) is 9.73. The number of nitrogens with one attached hydrogen (secondary N) is 2. The van der Waals surface area contributed by atoms with E-state index in [1.165, 1.54) is 0 Å². The maximum atomic E-state index is 12.3. The summed E-state index contributed by atoms with van der Waals surface area (Å²) in [5.41, 5.74) is 3.67. The minimum atomic E-state index is -0.285. The highest BCUT2D eigenvalue weighted by atomic mass is 16.2. The van der Waals surface area contributed by atoms with E-state index in [4.69, 9.17) is 0 Å². The van der Waals surface area contributed by atoms with E-state index < -0.39 is 0 Å². The number of aryl methyl sites for hydroxylation is 2. The van der Waals surface area contributed by atoms with Crippen LogP contribution in [0.5, 0.6) is 0 Å². The molecule has 4 nitrogen and oxygen atoms in total. The van der Waals surface area contributed by atoms with Gasteiger partial charge in [-0.3, -0.25) is 9.59 Å². The van der Waals surface area contributed by atoms with Gasteiger partial charge in [-0.25, -0.2) is 0 Å². The third-order valence-corrected chi connectivity index (χ3v) is 3.38. The van der Waals surface area contributed by atoms with Crippen LogP contribution in [0.4, 0.5) is 5.69 Å². The van der Waals surface area contributed by atoms with Crippen LogP contribution in [0.2, 0.25) is 0 Å². The van der Waals surface area contributed by atoms with Crippen LogP contribution in [0.25, 0.3) is 0 Å². The third-order valence-electron chi connectivity index (χ3n) is 3.38. The molecular formula is C20H24N2O2. The third kappa shape index (κ3) is 4.95. The first kappa shape index (κ1) is 17.7. The molecule has 0 unspecified atom stereocenters. The van der Waals surface area contributed by atoms with Crippen molar-refractivity contribution in [1.82, 2.24) is 5.32 Å². The Hall–Kier alpha value is -2.62. The standard InChI is InChI=1S/C20H24N2O2/c1-13-10-14(2)12-16(11-13)18(23)21-17-8-6-15(7-9-17)19(24)22-20(3,4)5/h6-12H,1-5H3,(H,21,23)(H,22,24). The van der Waals surface area contributed by atoms with Crippen LogP contribution < -0.4 is 10.6 Å². The lowest BCUT2D eigenvalue weighted by molar-refractivity contribution is 0.0919. The molecule has 2 N–H and O–H groups in total. The van der Waals surface area contributed by atoms with E-state index in [2.05, 4.69) is 10.6 Å². The maximum Gasteiger partial charge on any atom is 0.255 e. The van der Waals surface area contributed by atoms with Crippen molar-refractivity contribution in [2.24, 2.45) is 0 Å². The summed E-state index contributed by atoms with van der Waals surface area (Å²) in [6.07, 6.45) is 0. The SMILES string of the molecule is Cc1cc(C)cc(C(=O)Nc2ccc(C(=O)NC(C)(C)C)cc2)c1. The molecule has 0 aliphatic rings. The Morgan fingerprint density at radius 3 is 1.83 bits per heavy atom. The largest absolute Gasteiger partial charge is 0.347 e. The van der Waals surface area contributed by atoms with E-state index in [9.17, 15) is 9.59 Å². The topological polar surface area (TPSA) is 58.2 Å². The van der Waals surface area contributed by atoms with Gasteiger partial charge in [0.25, 0.3) is 11.8 Å². The Kier molecular flexibility index (Phi) is 5.07. The average molecular weight is 324 g/mol. The van der Waals surface area contributed by atoms with Crippen molar-refractivity contribution in [3.63, 3.8) is 0 Å². The number of anilines is 1. The Morgan fingerprint density at radius 2 is 1.33 bits per heavy atom. The van der Waals surface area contributed by atoms with Crippen LogP contribution in [-0.2, 0) is 0 Å². The first-order valence-corrected chi connectivity index (χ1v) is 7.96. The molecule has 24 heavy (non-hydrogen) atoms. The van der Waals surface area contributed by atoms with Gasteiger partial charge in [0.05, 0.1) is 0 Å². The molecule has 0 saturated carbocycles. The Morgan fingerprint density at radius 1 is 0.792 bits per heavy atom. The van der Waals surface area contributed by atoms with Crippen molar-refractivity contribution < 1.29 is 9.59 Å². The van der Waals surface area contributed by atoms with Crippen molar-refractivity contribution in [2.75, 3.05) is 5.32 Å².